The van der Waals surface area contributed by atoms with Crippen LogP contribution in [0.25, 0.3) is 0 Å². The smallest absolute Gasteiger partial charge is 0.0671 e. The monoisotopic (exact) mass is 200 g/mol. The first-order valence-corrected chi connectivity index (χ1v) is 5.81. The highest BCUT2D eigenvalue weighted by Gasteiger charge is 2.35. The lowest BCUT2D eigenvalue weighted by Gasteiger charge is -2.40. The van der Waals surface area contributed by atoms with Crippen molar-refractivity contribution in [2.75, 3.05) is 6.61 Å². The van der Waals surface area contributed by atoms with Gasteiger partial charge in [-0.1, -0.05) is 54.9 Å². The molecule has 0 saturated carbocycles. The van der Waals surface area contributed by atoms with Crippen LogP contribution in [0.4, 0.5) is 0 Å². The molecule has 0 unspecified atom stereocenters. The molecule has 1 nitrogen and oxygen atoms in total. The quantitative estimate of drug-likeness (QED) is 0.616. The van der Waals surface area contributed by atoms with Crippen molar-refractivity contribution in [2.24, 2.45) is 10.8 Å². The molecule has 0 N–H and O–H groups in total. The largest absolute Gasteiger partial charge is 0.377 e. The highest BCUT2D eigenvalue weighted by atomic mass is 16.5. The molecule has 0 aliphatic carbocycles. The van der Waals surface area contributed by atoms with Gasteiger partial charge >= 0.3 is 0 Å². The third kappa shape index (κ3) is 4.99. The van der Waals surface area contributed by atoms with E-state index in [1.165, 1.54) is 12.8 Å². The summed E-state index contributed by atoms with van der Waals surface area (Å²) in [6.07, 6.45) is 2.71. The van der Waals surface area contributed by atoms with E-state index < -0.39 is 0 Å². The van der Waals surface area contributed by atoms with Crippen LogP contribution in [0.5, 0.6) is 0 Å². The highest BCUT2D eigenvalue weighted by molar-refractivity contribution is 4.84. The Balaban J connectivity index is 4.28. The molecule has 14 heavy (non-hydrogen) atoms. The molecule has 0 fully saturated rings. The molecule has 0 rings (SSSR count). The molecule has 0 amide bonds. The van der Waals surface area contributed by atoms with E-state index in [2.05, 4.69) is 48.5 Å². The van der Waals surface area contributed by atoms with E-state index in [0.29, 0.717) is 6.10 Å². The summed E-state index contributed by atoms with van der Waals surface area (Å²) in [6.45, 7) is 16.7. The molecule has 0 spiro atoms. The van der Waals surface area contributed by atoms with Gasteiger partial charge in [0.2, 0.25) is 0 Å². The highest BCUT2D eigenvalue weighted by Crippen LogP contribution is 2.35. The van der Waals surface area contributed by atoms with Gasteiger partial charge in [-0.05, 0) is 17.3 Å². The average Bonchev–Trinajstić information content (AvgIpc) is 1.92. The molecule has 0 saturated heterocycles. The van der Waals surface area contributed by atoms with E-state index in [4.69, 9.17) is 4.74 Å². The third-order valence-electron chi connectivity index (χ3n) is 2.36. The molecule has 0 heterocycles. The first kappa shape index (κ1) is 14.0. The predicted molar refractivity (Wildman–Crippen MR) is 63.6 cm³/mol. The van der Waals surface area contributed by atoms with Crippen LogP contribution in [0.1, 0.15) is 61.3 Å². The first-order valence-electron chi connectivity index (χ1n) is 5.81. The molecular formula is C13H28O. The standard InChI is InChI=1S/C13H28O/c1-8-9-10-14-11(12(2,3)4)13(5,6)7/h11H,8-10H2,1-7H3. The van der Waals surface area contributed by atoms with Gasteiger partial charge in [0.25, 0.3) is 0 Å². The summed E-state index contributed by atoms with van der Waals surface area (Å²) in [7, 11) is 0. The number of unbranched alkanes of at least 4 members (excludes halogenated alkanes) is 1. The molecule has 0 aromatic carbocycles. The van der Waals surface area contributed by atoms with E-state index >= 15 is 0 Å². The van der Waals surface area contributed by atoms with Gasteiger partial charge in [-0.15, -0.1) is 0 Å². The van der Waals surface area contributed by atoms with E-state index in [1.54, 1.807) is 0 Å². The minimum atomic E-state index is 0.228. The zero-order valence-electron chi connectivity index (χ0n) is 11.1. The third-order valence-corrected chi connectivity index (χ3v) is 2.36. The molecule has 1 heteroatoms. The summed E-state index contributed by atoms with van der Waals surface area (Å²) in [6, 6.07) is 0. The van der Waals surface area contributed by atoms with Crippen LogP contribution < -0.4 is 0 Å². The number of ether oxygens (including phenoxy) is 1. The van der Waals surface area contributed by atoms with Crippen molar-refractivity contribution in [3.05, 3.63) is 0 Å². The first-order chi connectivity index (χ1) is 6.19. The van der Waals surface area contributed by atoms with Crippen LogP contribution in [-0.2, 0) is 4.74 Å². The lowest BCUT2D eigenvalue weighted by atomic mass is 9.74. The lowest BCUT2D eigenvalue weighted by Crippen LogP contribution is -2.40. The fourth-order valence-electron chi connectivity index (χ4n) is 2.14. The topological polar surface area (TPSA) is 9.23 Å². The van der Waals surface area contributed by atoms with Gasteiger partial charge in [0, 0.05) is 6.61 Å². The van der Waals surface area contributed by atoms with Gasteiger partial charge in [0.1, 0.15) is 0 Å². The van der Waals surface area contributed by atoms with Crippen molar-refractivity contribution in [1.82, 2.24) is 0 Å². The van der Waals surface area contributed by atoms with Crippen molar-refractivity contribution < 1.29 is 4.74 Å². The summed E-state index contributed by atoms with van der Waals surface area (Å²) in [5.41, 5.74) is 0.456. The molecule has 0 aliphatic rings. The van der Waals surface area contributed by atoms with Crippen molar-refractivity contribution in [1.29, 1.82) is 0 Å². The molecule has 0 aromatic heterocycles. The summed E-state index contributed by atoms with van der Waals surface area (Å²) < 4.78 is 6.01. The van der Waals surface area contributed by atoms with Crippen LogP contribution in [-0.4, -0.2) is 12.7 Å². The zero-order valence-corrected chi connectivity index (χ0v) is 11.1. The Morgan fingerprint density at radius 2 is 1.36 bits per heavy atom. The molecule has 0 radical (unpaired) electrons. The van der Waals surface area contributed by atoms with E-state index in [-0.39, 0.29) is 10.8 Å². The van der Waals surface area contributed by atoms with Crippen LogP contribution in [0.2, 0.25) is 0 Å². The summed E-state index contributed by atoms with van der Waals surface area (Å²) in [5.74, 6) is 0. The minimum Gasteiger partial charge on any atom is -0.377 e. The van der Waals surface area contributed by atoms with Gasteiger partial charge in [0.05, 0.1) is 6.10 Å². The average molecular weight is 200 g/mol. The van der Waals surface area contributed by atoms with E-state index in [1.807, 2.05) is 0 Å². The van der Waals surface area contributed by atoms with E-state index in [0.717, 1.165) is 6.61 Å². The predicted octanol–water partition coefficient (Wildman–Crippen LogP) is 4.26. The molecule has 0 aromatic rings. The Morgan fingerprint density at radius 3 is 1.64 bits per heavy atom. The van der Waals surface area contributed by atoms with Gasteiger partial charge in [-0.25, -0.2) is 0 Å². The Morgan fingerprint density at radius 1 is 0.929 bits per heavy atom. The van der Waals surface area contributed by atoms with Crippen molar-refractivity contribution in [3.8, 4) is 0 Å². The van der Waals surface area contributed by atoms with Gasteiger partial charge in [-0.3, -0.25) is 0 Å². The lowest BCUT2D eigenvalue weighted by molar-refractivity contribution is -0.0824. The Bertz CT molecular complexity index is 134. The maximum Gasteiger partial charge on any atom is 0.0671 e. The number of hydrogen-bond donors (Lipinski definition) is 0. The second kappa shape index (κ2) is 5.16. The molecule has 0 bridgehead atoms. The van der Waals surface area contributed by atoms with Crippen molar-refractivity contribution in [2.45, 2.75) is 67.4 Å². The van der Waals surface area contributed by atoms with Crippen molar-refractivity contribution in [3.63, 3.8) is 0 Å². The SMILES string of the molecule is CCCCOC(C(C)(C)C)C(C)(C)C. The fraction of sp³-hybridized carbons (Fsp3) is 1.00. The van der Waals surface area contributed by atoms with E-state index in [9.17, 15) is 0 Å². The second-order valence-electron chi connectivity index (χ2n) is 6.34. The number of rotatable bonds is 4. The van der Waals surface area contributed by atoms with Crippen LogP contribution in [0.15, 0.2) is 0 Å². The van der Waals surface area contributed by atoms with Crippen molar-refractivity contribution >= 4 is 0 Å². The maximum absolute atomic E-state index is 6.01. The molecular weight excluding hydrogens is 172 g/mol. The molecule has 86 valence electrons. The van der Waals surface area contributed by atoms with Crippen LogP contribution in [0.3, 0.4) is 0 Å². The second-order valence-corrected chi connectivity index (χ2v) is 6.34. The summed E-state index contributed by atoms with van der Waals surface area (Å²) in [5, 5.41) is 0. The fourth-order valence-corrected chi connectivity index (χ4v) is 2.14. The molecule has 0 aliphatic heterocycles. The van der Waals surface area contributed by atoms with Gasteiger partial charge in [-0.2, -0.15) is 0 Å². The normalized spacial score (nSPS) is 13.7. The van der Waals surface area contributed by atoms with Gasteiger partial charge in [0.15, 0.2) is 0 Å². The van der Waals surface area contributed by atoms with Crippen LogP contribution in [0, 0.1) is 10.8 Å². The van der Waals surface area contributed by atoms with Gasteiger partial charge < -0.3 is 4.74 Å². The Labute approximate surface area is 90.2 Å². The maximum atomic E-state index is 6.01. The Kier molecular flexibility index (Phi) is 5.14. The number of hydrogen-bond acceptors (Lipinski definition) is 1. The summed E-state index contributed by atoms with van der Waals surface area (Å²) >= 11 is 0. The zero-order chi connectivity index (χ0) is 11.4. The van der Waals surface area contributed by atoms with Crippen LogP contribution >= 0.6 is 0 Å². The Hall–Kier alpha value is -0.0400. The summed E-state index contributed by atoms with van der Waals surface area (Å²) in [4.78, 5) is 0. The molecule has 0 atom stereocenters. The minimum absolute atomic E-state index is 0.228.